The van der Waals surface area contributed by atoms with E-state index in [1.807, 2.05) is 24.3 Å². The fourth-order valence-corrected chi connectivity index (χ4v) is 3.08. The Morgan fingerprint density at radius 1 is 1.15 bits per heavy atom. The summed E-state index contributed by atoms with van der Waals surface area (Å²) in [6.45, 7) is 4.35. The Kier molecular flexibility index (Phi) is 3.72. The molecule has 0 radical (unpaired) electrons. The van der Waals surface area contributed by atoms with Gasteiger partial charge in [-0.25, -0.2) is 9.97 Å². The Hall–Kier alpha value is -1.84. The SMILES string of the molecule is CCCC1CCN(c2nc3ccccc3nc2N)CC1. The lowest BCUT2D eigenvalue weighted by atomic mass is 9.92. The summed E-state index contributed by atoms with van der Waals surface area (Å²) in [4.78, 5) is 11.5. The number of aromatic nitrogens is 2. The number of rotatable bonds is 3. The molecule has 3 rings (SSSR count). The summed E-state index contributed by atoms with van der Waals surface area (Å²) < 4.78 is 0. The van der Waals surface area contributed by atoms with Crippen LogP contribution in [0.5, 0.6) is 0 Å². The molecule has 1 aromatic carbocycles. The molecule has 0 bridgehead atoms. The van der Waals surface area contributed by atoms with Crippen molar-refractivity contribution in [3.63, 3.8) is 0 Å². The fourth-order valence-electron chi connectivity index (χ4n) is 3.08. The average molecular weight is 270 g/mol. The van der Waals surface area contributed by atoms with E-state index in [2.05, 4.69) is 16.8 Å². The zero-order valence-corrected chi connectivity index (χ0v) is 12.0. The van der Waals surface area contributed by atoms with Gasteiger partial charge in [0.2, 0.25) is 0 Å². The molecule has 2 heterocycles. The standard InChI is InChI=1S/C16H22N4/c1-2-5-12-8-10-20(11-9-12)16-15(17)18-13-6-3-4-7-14(13)19-16/h3-4,6-7,12H,2,5,8-11H2,1H3,(H2,17,18). The maximum absolute atomic E-state index is 6.10. The van der Waals surface area contributed by atoms with Crippen LogP contribution in [0.3, 0.4) is 0 Å². The van der Waals surface area contributed by atoms with Gasteiger partial charge in [-0.1, -0.05) is 31.9 Å². The van der Waals surface area contributed by atoms with Crippen molar-refractivity contribution in [1.82, 2.24) is 9.97 Å². The molecule has 0 aliphatic carbocycles. The maximum Gasteiger partial charge on any atom is 0.172 e. The van der Waals surface area contributed by atoms with E-state index in [0.717, 1.165) is 35.9 Å². The monoisotopic (exact) mass is 270 g/mol. The van der Waals surface area contributed by atoms with Gasteiger partial charge in [-0.05, 0) is 30.9 Å². The molecule has 2 N–H and O–H groups in total. The summed E-state index contributed by atoms with van der Waals surface area (Å²) in [5, 5.41) is 0. The molecule has 0 amide bonds. The number of piperidine rings is 1. The number of fused-ring (bicyclic) bond motifs is 1. The lowest BCUT2D eigenvalue weighted by molar-refractivity contribution is 0.377. The zero-order valence-electron chi connectivity index (χ0n) is 12.0. The molecule has 1 aromatic heterocycles. The lowest BCUT2D eigenvalue weighted by Gasteiger charge is -2.33. The van der Waals surface area contributed by atoms with Gasteiger partial charge < -0.3 is 10.6 Å². The van der Waals surface area contributed by atoms with Crippen molar-refractivity contribution in [2.24, 2.45) is 5.92 Å². The number of para-hydroxylation sites is 2. The van der Waals surface area contributed by atoms with Crippen LogP contribution in [0.2, 0.25) is 0 Å². The van der Waals surface area contributed by atoms with Crippen LogP contribution in [0.4, 0.5) is 11.6 Å². The topological polar surface area (TPSA) is 55.0 Å². The van der Waals surface area contributed by atoms with Crippen molar-refractivity contribution in [1.29, 1.82) is 0 Å². The first-order valence-corrected chi connectivity index (χ1v) is 7.55. The normalized spacial score (nSPS) is 16.8. The van der Waals surface area contributed by atoms with Crippen molar-refractivity contribution < 1.29 is 0 Å². The number of nitrogens with zero attached hydrogens (tertiary/aromatic N) is 3. The van der Waals surface area contributed by atoms with E-state index in [9.17, 15) is 0 Å². The molecule has 2 aromatic rings. The largest absolute Gasteiger partial charge is 0.381 e. The van der Waals surface area contributed by atoms with Gasteiger partial charge in [-0.15, -0.1) is 0 Å². The summed E-state index contributed by atoms with van der Waals surface area (Å²) in [6.07, 6.45) is 5.10. The molecule has 1 aliphatic rings. The fraction of sp³-hybridized carbons (Fsp3) is 0.500. The molecule has 4 nitrogen and oxygen atoms in total. The highest BCUT2D eigenvalue weighted by Crippen LogP contribution is 2.28. The van der Waals surface area contributed by atoms with Crippen molar-refractivity contribution in [2.75, 3.05) is 23.7 Å². The maximum atomic E-state index is 6.10. The van der Waals surface area contributed by atoms with Gasteiger partial charge in [0, 0.05) is 13.1 Å². The molecule has 1 aliphatic heterocycles. The molecule has 106 valence electrons. The highest BCUT2D eigenvalue weighted by atomic mass is 15.2. The summed E-state index contributed by atoms with van der Waals surface area (Å²) in [6, 6.07) is 7.90. The molecule has 0 spiro atoms. The van der Waals surface area contributed by atoms with Crippen LogP contribution in [-0.4, -0.2) is 23.1 Å². The number of anilines is 2. The summed E-state index contributed by atoms with van der Waals surface area (Å²) in [5.74, 6) is 2.28. The average Bonchev–Trinajstić information content (AvgIpc) is 2.48. The van der Waals surface area contributed by atoms with E-state index in [0.29, 0.717) is 5.82 Å². The predicted octanol–water partition coefficient (Wildman–Crippen LogP) is 3.23. The minimum Gasteiger partial charge on any atom is -0.381 e. The molecule has 0 unspecified atom stereocenters. The van der Waals surface area contributed by atoms with Crippen LogP contribution < -0.4 is 10.6 Å². The number of hydrogen-bond acceptors (Lipinski definition) is 4. The highest BCUT2D eigenvalue weighted by Gasteiger charge is 2.21. The van der Waals surface area contributed by atoms with Gasteiger partial charge in [0.25, 0.3) is 0 Å². The van der Waals surface area contributed by atoms with Crippen LogP contribution in [0.25, 0.3) is 11.0 Å². The molecular formula is C16H22N4. The van der Waals surface area contributed by atoms with E-state index < -0.39 is 0 Å². The third kappa shape index (κ3) is 2.55. The second kappa shape index (κ2) is 5.65. The van der Waals surface area contributed by atoms with Crippen molar-refractivity contribution >= 4 is 22.7 Å². The first-order valence-electron chi connectivity index (χ1n) is 7.55. The Balaban J connectivity index is 1.82. The zero-order chi connectivity index (χ0) is 13.9. The van der Waals surface area contributed by atoms with Crippen LogP contribution in [0.15, 0.2) is 24.3 Å². The van der Waals surface area contributed by atoms with Gasteiger partial charge in [0.15, 0.2) is 11.6 Å². The summed E-state index contributed by atoms with van der Waals surface area (Å²) in [7, 11) is 0. The minimum absolute atomic E-state index is 0.553. The first-order chi connectivity index (χ1) is 9.78. The van der Waals surface area contributed by atoms with Gasteiger partial charge >= 0.3 is 0 Å². The number of benzene rings is 1. The van der Waals surface area contributed by atoms with E-state index in [1.54, 1.807) is 0 Å². The molecule has 4 heteroatoms. The van der Waals surface area contributed by atoms with Crippen LogP contribution in [0, 0.1) is 5.92 Å². The van der Waals surface area contributed by atoms with Gasteiger partial charge in [0.1, 0.15) is 0 Å². The van der Waals surface area contributed by atoms with Crippen LogP contribution in [-0.2, 0) is 0 Å². The predicted molar refractivity (Wildman–Crippen MR) is 83.8 cm³/mol. The Morgan fingerprint density at radius 2 is 1.80 bits per heavy atom. The van der Waals surface area contributed by atoms with Crippen molar-refractivity contribution in [2.45, 2.75) is 32.6 Å². The lowest BCUT2D eigenvalue weighted by Crippen LogP contribution is -2.34. The summed E-state index contributed by atoms with van der Waals surface area (Å²) >= 11 is 0. The quantitative estimate of drug-likeness (QED) is 0.930. The van der Waals surface area contributed by atoms with E-state index in [4.69, 9.17) is 10.7 Å². The molecule has 20 heavy (non-hydrogen) atoms. The highest BCUT2D eigenvalue weighted by molar-refractivity contribution is 5.79. The van der Waals surface area contributed by atoms with Crippen molar-refractivity contribution in [3.05, 3.63) is 24.3 Å². The first kappa shape index (κ1) is 13.2. The molecular weight excluding hydrogens is 248 g/mol. The Labute approximate surface area is 120 Å². The number of nitrogen functional groups attached to an aromatic ring is 1. The number of nitrogens with two attached hydrogens (primary N) is 1. The Bertz CT molecular complexity index is 588. The van der Waals surface area contributed by atoms with Crippen molar-refractivity contribution in [3.8, 4) is 0 Å². The van der Waals surface area contributed by atoms with E-state index in [-0.39, 0.29) is 0 Å². The molecule has 1 saturated heterocycles. The van der Waals surface area contributed by atoms with Crippen LogP contribution >= 0.6 is 0 Å². The third-order valence-electron chi connectivity index (χ3n) is 4.19. The van der Waals surface area contributed by atoms with E-state index in [1.165, 1.54) is 25.7 Å². The minimum atomic E-state index is 0.553. The molecule has 0 atom stereocenters. The molecule has 0 saturated carbocycles. The smallest absolute Gasteiger partial charge is 0.172 e. The number of hydrogen-bond donors (Lipinski definition) is 1. The molecule has 1 fully saturated rings. The summed E-state index contributed by atoms with van der Waals surface area (Å²) in [5.41, 5.74) is 7.89. The van der Waals surface area contributed by atoms with E-state index >= 15 is 0 Å². The van der Waals surface area contributed by atoms with Gasteiger partial charge in [-0.3, -0.25) is 0 Å². The van der Waals surface area contributed by atoms with Gasteiger partial charge in [0.05, 0.1) is 11.0 Å². The Morgan fingerprint density at radius 3 is 2.45 bits per heavy atom. The third-order valence-corrected chi connectivity index (χ3v) is 4.19. The second-order valence-corrected chi connectivity index (χ2v) is 5.64. The second-order valence-electron chi connectivity index (χ2n) is 5.64. The van der Waals surface area contributed by atoms with Crippen LogP contribution in [0.1, 0.15) is 32.6 Å². The van der Waals surface area contributed by atoms with Gasteiger partial charge in [-0.2, -0.15) is 0 Å².